The van der Waals surface area contributed by atoms with Crippen LogP contribution < -0.4 is 10.6 Å². The average Bonchev–Trinajstić information content (AvgIpc) is 2.66. The Morgan fingerprint density at radius 2 is 1.62 bits per heavy atom. The van der Waals surface area contributed by atoms with Crippen molar-refractivity contribution in [2.75, 3.05) is 5.32 Å². The smallest absolute Gasteiger partial charge is 0.251 e. The molecule has 0 aliphatic heterocycles. The van der Waals surface area contributed by atoms with E-state index in [1.54, 1.807) is 43.1 Å². The fourth-order valence-corrected chi connectivity index (χ4v) is 2.15. The molecule has 0 unspecified atom stereocenters. The van der Waals surface area contributed by atoms with E-state index in [9.17, 15) is 4.79 Å². The summed E-state index contributed by atoms with van der Waals surface area (Å²) in [5, 5.41) is 6.06. The molecule has 1 amide bonds. The number of pyridine rings is 3. The van der Waals surface area contributed by atoms with Crippen LogP contribution in [0.3, 0.4) is 0 Å². The number of carbonyl (C=O) groups excluding carboxylic acids is 1. The molecule has 6 heteroatoms. The third-order valence-electron chi connectivity index (χ3n) is 3.39. The standard InChI is InChI=1S/C18H17N5O/c24-18(23-13-15-4-2-7-20-11-15)16-5-8-21-17(9-16)22-12-14-3-1-6-19-10-14/h1-11H,12-13H2,(H,21,22)(H,23,24). The molecule has 0 saturated carbocycles. The van der Waals surface area contributed by atoms with Crippen LogP contribution in [-0.2, 0) is 13.1 Å². The SMILES string of the molecule is O=C(NCc1cccnc1)c1ccnc(NCc2cccnc2)c1. The van der Waals surface area contributed by atoms with Crippen LogP contribution in [0.5, 0.6) is 0 Å². The molecule has 3 heterocycles. The van der Waals surface area contributed by atoms with Gasteiger partial charge in [0.05, 0.1) is 0 Å². The molecule has 0 aliphatic rings. The number of hydrogen-bond acceptors (Lipinski definition) is 5. The van der Waals surface area contributed by atoms with Crippen LogP contribution >= 0.6 is 0 Å². The van der Waals surface area contributed by atoms with Crippen LogP contribution in [0, 0.1) is 0 Å². The topological polar surface area (TPSA) is 79.8 Å². The Bertz CT molecular complexity index is 793. The molecule has 0 aliphatic carbocycles. The van der Waals surface area contributed by atoms with Crippen LogP contribution in [0.4, 0.5) is 5.82 Å². The molecule has 0 bridgehead atoms. The summed E-state index contributed by atoms with van der Waals surface area (Å²) >= 11 is 0. The van der Waals surface area contributed by atoms with Crippen molar-refractivity contribution in [3.8, 4) is 0 Å². The number of rotatable bonds is 6. The third kappa shape index (κ3) is 4.36. The van der Waals surface area contributed by atoms with E-state index < -0.39 is 0 Å². The van der Waals surface area contributed by atoms with Gasteiger partial charge in [-0.25, -0.2) is 4.98 Å². The molecule has 0 fully saturated rings. The van der Waals surface area contributed by atoms with E-state index in [-0.39, 0.29) is 5.91 Å². The molecule has 0 aromatic carbocycles. The predicted molar refractivity (Wildman–Crippen MR) is 91.2 cm³/mol. The number of aromatic nitrogens is 3. The zero-order valence-corrected chi connectivity index (χ0v) is 13.0. The number of carbonyl (C=O) groups is 1. The maximum Gasteiger partial charge on any atom is 0.251 e. The van der Waals surface area contributed by atoms with E-state index >= 15 is 0 Å². The van der Waals surface area contributed by atoms with Crippen LogP contribution in [0.1, 0.15) is 21.5 Å². The van der Waals surface area contributed by atoms with E-state index in [0.29, 0.717) is 24.5 Å². The first kappa shape index (κ1) is 15.6. The quantitative estimate of drug-likeness (QED) is 0.729. The van der Waals surface area contributed by atoms with Crippen molar-refractivity contribution < 1.29 is 4.79 Å². The summed E-state index contributed by atoms with van der Waals surface area (Å²) in [6.45, 7) is 1.04. The molecule has 3 rings (SSSR count). The highest BCUT2D eigenvalue weighted by atomic mass is 16.1. The zero-order valence-electron chi connectivity index (χ0n) is 13.0. The highest BCUT2D eigenvalue weighted by Gasteiger charge is 2.07. The fraction of sp³-hybridized carbons (Fsp3) is 0.111. The highest BCUT2D eigenvalue weighted by molar-refractivity contribution is 5.94. The van der Waals surface area contributed by atoms with Gasteiger partial charge in [-0.05, 0) is 35.4 Å². The summed E-state index contributed by atoms with van der Waals surface area (Å²) in [5.41, 5.74) is 2.56. The number of nitrogens with zero attached hydrogens (tertiary/aromatic N) is 3. The molecular weight excluding hydrogens is 302 g/mol. The Morgan fingerprint density at radius 1 is 0.917 bits per heavy atom. The summed E-state index contributed by atoms with van der Waals surface area (Å²) in [4.78, 5) is 24.6. The van der Waals surface area contributed by atoms with Gasteiger partial charge in [0.15, 0.2) is 0 Å². The van der Waals surface area contributed by atoms with Crippen molar-refractivity contribution in [3.63, 3.8) is 0 Å². The Hall–Kier alpha value is -3.28. The first-order valence-electron chi connectivity index (χ1n) is 7.57. The molecule has 0 radical (unpaired) electrons. The minimum atomic E-state index is -0.148. The predicted octanol–water partition coefficient (Wildman–Crippen LogP) is 2.41. The van der Waals surface area contributed by atoms with Crippen molar-refractivity contribution in [2.24, 2.45) is 0 Å². The third-order valence-corrected chi connectivity index (χ3v) is 3.39. The van der Waals surface area contributed by atoms with Crippen LogP contribution in [0.2, 0.25) is 0 Å². The van der Waals surface area contributed by atoms with Gasteiger partial charge in [-0.1, -0.05) is 12.1 Å². The first-order chi connectivity index (χ1) is 11.8. The second-order valence-corrected chi connectivity index (χ2v) is 5.19. The lowest BCUT2D eigenvalue weighted by molar-refractivity contribution is 0.0951. The van der Waals surface area contributed by atoms with Gasteiger partial charge in [-0.3, -0.25) is 14.8 Å². The molecule has 3 aromatic rings. The largest absolute Gasteiger partial charge is 0.366 e. The average molecular weight is 319 g/mol. The van der Waals surface area contributed by atoms with Crippen molar-refractivity contribution >= 4 is 11.7 Å². The van der Waals surface area contributed by atoms with Gasteiger partial charge in [-0.2, -0.15) is 0 Å². The van der Waals surface area contributed by atoms with Gasteiger partial charge in [-0.15, -0.1) is 0 Å². The summed E-state index contributed by atoms with van der Waals surface area (Å²) in [7, 11) is 0. The lowest BCUT2D eigenvalue weighted by Crippen LogP contribution is -2.23. The van der Waals surface area contributed by atoms with Crippen molar-refractivity contribution in [2.45, 2.75) is 13.1 Å². The molecule has 0 saturated heterocycles. The number of amides is 1. The number of hydrogen-bond donors (Lipinski definition) is 2. The minimum absolute atomic E-state index is 0.148. The monoisotopic (exact) mass is 319 g/mol. The molecule has 0 spiro atoms. The van der Waals surface area contributed by atoms with E-state index in [1.807, 2.05) is 24.3 Å². The Kier molecular flexibility index (Phi) is 5.09. The molecule has 24 heavy (non-hydrogen) atoms. The van der Waals surface area contributed by atoms with Gasteiger partial charge in [0.1, 0.15) is 5.82 Å². The second-order valence-electron chi connectivity index (χ2n) is 5.19. The normalized spacial score (nSPS) is 10.2. The van der Waals surface area contributed by atoms with Gasteiger partial charge in [0, 0.05) is 49.6 Å². The molecule has 6 nitrogen and oxygen atoms in total. The van der Waals surface area contributed by atoms with E-state index in [0.717, 1.165) is 11.1 Å². The summed E-state index contributed by atoms with van der Waals surface area (Å²) in [6, 6.07) is 11.0. The fourth-order valence-electron chi connectivity index (χ4n) is 2.15. The van der Waals surface area contributed by atoms with E-state index in [4.69, 9.17) is 0 Å². The highest BCUT2D eigenvalue weighted by Crippen LogP contribution is 2.09. The molecule has 3 aromatic heterocycles. The maximum atomic E-state index is 12.2. The van der Waals surface area contributed by atoms with Gasteiger partial charge < -0.3 is 10.6 Å². The van der Waals surface area contributed by atoms with Gasteiger partial charge in [0.25, 0.3) is 5.91 Å². The van der Waals surface area contributed by atoms with Crippen molar-refractivity contribution in [1.29, 1.82) is 0 Å². The number of anilines is 1. The first-order valence-corrected chi connectivity index (χ1v) is 7.57. The minimum Gasteiger partial charge on any atom is -0.366 e. The van der Waals surface area contributed by atoms with Crippen LogP contribution in [0.25, 0.3) is 0 Å². The summed E-state index contributed by atoms with van der Waals surface area (Å²) < 4.78 is 0. The molecule has 120 valence electrons. The maximum absolute atomic E-state index is 12.2. The molecule has 0 atom stereocenters. The van der Waals surface area contributed by atoms with E-state index in [1.165, 1.54) is 0 Å². The number of nitrogens with one attached hydrogen (secondary N) is 2. The van der Waals surface area contributed by atoms with Crippen LogP contribution in [0.15, 0.2) is 67.4 Å². The Labute approximate surface area is 140 Å². The Morgan fingerprint density at radius 3 is 2.29 bits per heavy atom. The summed E-state index contributed by atoms with van der Waals surface area (Å²) in [6.07, 6.45) is 8.57. The lowest BCUT2D eigenvalue weighted by atomic mass is 10.2. The van der Waals surface area contributed by atoms with Crippen LogP contribution in [-0.4, -0.2) is 20.9 Å². The molecule has 2 N–H and O–H groups in total. The van der Waals surface area contributed by atoms with Gasteiger partial charge in [0.2, 0.25) is 0 Å². The zero-order chi connectivity index (χ0) is 16.6. The second kappa shape index (κ2) is 7.82. The van der Waals surface area contributed by atoms with E-state index in [2.05, 4.69) is 25.6 Å². The van der Waals surface area contributed by atoms with Gasteiger partial charge >= 0.3 is 0 Å². The lowest BCUT2D eigenvalue weighted by Gasteiger charge is -2.08. The Balaban J connectivity index is 1.59. The molecular formula is C18H17N5O. The van der Waals surface area contributed by atoms with Crippen molar-refractivity contribution in [1.82, 2.24) is 20.3 Å². The summed E-state index contributed by atoms with van der Waals surface area (Å²) in [5.74, 6) is 0.499. The van der Waals surface area contributed by atoms with Crippen molar-refractivity contribution in [3.05, 3.63) is 84.1 Å².